The Bertz CT molecular complexity index is 1110. The van der Waals surface area contributed by atoms with Gasteiger partial charge < -0.3 is 10.1 Å². The molecule has 0 radical (unpaired) electrons. The molecular formula is C28H38N2O2Si. The monoisotopic (exact) mass is 462 g/mol. The second kappa shape index (κ2) is 10.7. The van der Waals surface area contributed by atoms with Crippen LogP contribution >= 0.6 is 0 Å². The van der Waals surface area contributed by atoms with Gasteiger partial charge in [0, 0.05) is 38.5 Å². The summed E-state index contributed by atoms with van der Waals surface area (Å²) in [4.78, 5) is 12.8. The maximum Gasteiger partial charge on any atom is 0.260 e. The Kier molecular flexibility index (Phi) is 7.71. The molecule has 1 heterocycles. The van der Waals surface area contributed by atoms with Crippen molar-refractivity contribution >= 4 is 24.5 Å². The number of aromatic nitrogens is 1. The van der Waals surface area contributed by atoms with Crippen molar-refractivity contribution in [3.63, 3.8) is 0 Å². The van der Waals surface area contributed by atoms with E-state index in [1.54, 1.807) is 4.57 Å². The van der Waals surface area contributed by atoms with Crippen LogP contribution in [0.5, 0.6) is 0 Å². The van der Waals surface area contributed by atoms with E-state index in [-0.39, 0.29) is 5.56 Å². The fourth-order valence-corrected chi connectivity index (χ4v) is 5.35. The van der Waals surface area contributed by atoms with Gasteiger partial charge >= 0.3 is 0 Å². The molecule has 3 aromatic rings. The van der Waals surface area contributed by atoms with E-state index in [0.29, 0.717) is 13.3 Å². The lowest BCUT2D eigenvalue weighted by atomic mass is 9.84. The molecule has 0 spiro atoms. The largest absolute Gasteiger partial charge is 0.381 e. The summed E-state index contributed by atoms with van der Waals surface area (Å²) >= 11 is 0. The van der Waals surface area contributed by atoms with E-state index >= 15 is 0 Å². The Morgan fingerprint density at radius 1 is 1.00 bits per heavy atom. The number of hydrogen-bond acceptors (Lipinski definition) is 3. The first-order chi connectivity index (χ1) is 15.9. The zero-order valence-electron chi connectivity index (χ0n) is 20.4. The van der Waals surface area contributed by atoms with Crippen LogP contribution in [0.4, 0.5) is 5.69 Å². The molecular weight excluding hydrogens is 424 g/mol. The average molecular weight is 463 g/mol. The Labute approximate surface area is 199 Å². The van der Waals surface area contributed by atoms with Gasteiger partial charge in [-0.15, -0.1) is 0 Å². The highest BCUT2D eigenvalue weighted by Crippen LogP contribution is 2.32. The molecule has 1 fully saturated rings. The van der Waals surface area contributed by atoms with Gasteiger partial charge in [0.25, 0.3) is 5.56 Å². The van der Waals surface area contributed by atoms with Crippen LogP contribution in [0.15, 0.2) is 59.5 Å². The van der Waals surface area contributed by atoms with Crippen molar-refractivity contribution < 1.29 is 4.74 Å². The molecule has 0 bridgehead atoms. The number of nitrogens with one attached hydrogen (secondary N) is 1. The highest BCUT2D eigenvalue weighted by atomic mass is 28.3. The quantitative estimate of drug-likeness (QED) is 0.276. The van der Waals surface area contributed by atoms with Crippen LogP contribution in [0.25, 0.3) is 10.8 Å². The maximum atomic E-state index is 12.8. The van der Waals surface area contributed by atoms with Crippen LogP contribution in [-0.2, 0) is 18.0 Å². The minimum Gasteiger partial charge on any atom is -0.381 e. The lowest BCUT2D eigenvalue weighted by Gasteiger charge is -2.22. The van der Waals surface area contributed by atoms with Crippen molar-refractivity contribution in [2.45, 2.75) is 77.0 Å². The second-order valence-electron chi connectivity index (χ2n) is 10.7. The van der Waals surface area contributed by atoms with Gasteiger partial charge in [-0.3, -0.25) is 9.36 Å². The molecule has 1 aromatic heterocycles. The standard InChI is InChI=1S/C28H38N2O2Si/c1-33(2,3)18-17-32-21-30-16-15-25-19-26(13-14-27(25)28(30)31)29-20-22-9-11-24(12-10-22)23-7-5-4-6-8-23/h9-16,19,23,29H,4-8,17-18,20-21H2,1-3H3. The van der Waals surface area contributed by atoms with Crippen molar-refractivity contribution in [2.75, 3.05) is 11.9 Å². The second-order valence-corrected chi connectivity index (χ2v) is 16.3. The summed E-state index contributed by atoms with van der Waals surface area (Å²) in [6.45, 7) is 8.80. The van der Waals surface area contributed by atoms with E-state index < -0.39 is 8.07 Å². The molecule has 33 heavy (non-hydrogen) atoms. The van der Waals surface area contributed by atoms with E-state index in [9.17, 15) is 4.79 Å². The van der Waals surface area contributed by atoms with Crippen molar-refractivity contribution in [2.24, 2.45) is 0 Å². The normalized spacial score (nSPS) is 15.1. The molecule has 1 aliphatic rings. The van der Waals surface area contributed by atoms with Gasteiger partial charge in [0.2, 0.25) is 0 Å². The first-order valence-corrected chi connectivity index (χ1v) is 16.1. The summed E-state index contributed by atoms with van der Waals surface area (Å²) in [6.07, 6.45) is 8.64. The predicted octanol–water partition coefficient (Wildman–Crippen LogP) is 6.97. The number of benzene rings is 2. The van der Waals surface area contributed by atoms with Crippen molar-refractivity contribution in [3.8, 4) is 0 Å². The summed E-state index contributed by atoms with van der Waals surface area (Å²) in [6, 6.07) is 18.2. The average Bonchev–Trinajstić information content (AvgIpc) is 2.82. The maximum absolute atomic E-state index is 12.8. The lowest BCUT2D eigenvalue weighted by molar-refractivity contribution is 0.0851. The van der Waals surface area contributed by atoms with Gasteiger partial charge in [0.15, 0.2) is 0 Å². The molecule has 0 unspecified atom stereocenters. The molecule has 5 heteroatoms. The summed E-state index contributed by atoms with van der Waals surface area (Å²) < 4.78 is 7.43. The zero-order valence-corrected chi connectivity index (χ0v) is 21.4. The Morgan fingerprint density at radius 2 is 1.76 bits per heavy atom. The molecule has 0 atom stereocenters. The van der Waals surface area contributed by atoms with Crippen LogP contribution in [0, 0.1) is 0 Å². The van der Waals surface area contributed by atoms with E-state index in [1.807, 2.05) is 24.4 Å². The van der Waals surface area contributed by atoms with Crippen LogP contribution < -0.4 is 10.9 Å². The van der Waals surface area contributed by atoms with Crippen LogP contribution in [0.1, 0.15) is 49.1 Å². The van der Waals surface area contributed by atoms with Gasteiger partial charge in [0.05, 0.1) is 0 Å². The highest BCUT2D eigenvalue weighted by Gasteiger charge is 2.15. The number of pyridine rings is 1. The van der Waals surface area contributed by atoms with E-state index in [4.69, 9.17) is 4.74 Å². The lowest BCUT2D eigenvalue weighted by Crippen LogP contribution is -2.24. The predicted molar refractivity (Wildman–Crippen MR) is 142 cm³/mol. The van der Waals surface area contributed by atoms with Crippen LogP contribution in [0.2, 0.25) is 25.7 Å². The first kappa shape index (κ1) is 23.8. The number of rotatable bonds is 9. The topological polar surface area (TPSA) is 43.3 Å². The fraction of sp³-hybridized carbons (Fsp3) is 0.464. The summed E-state index contributed by atoms with van der Waals surface area (Å²) in [5.74, 6) is 0.746. The number of hydrogen-bond donors (Lipinski definition) is 1. The van der Waals surface area contributed by atoms with Gasteiger partial charge in [-0.1, -0.05) is 63.2 Å². The molecule has 2 aromatic carbocycles. The van der Waals surface area contributed by atoms with Crippen LogP contribution in [-0.4, -0.2) is 19.2 Å². The SMILES string of the molecule is C[Si](C)(C)CCOCn1ccc2cc(NCc3ccc(C4CCCCC4)cc3)ccc2c1=O. The molecule has 4 rings (SSSR count). The fourth-order valence-electron chi connectivity index (χ4n) is 4.59. The summed E-state index contributed by atoms with van der Waals surface area (Å²) in [7, 11) is -1.12. The van der Waals surface area contributed by atoms with Gasteiger partial charge in [-0.2, -0.15) is 0 Å². The molecule has 0 amide bonds. The van der Waals surface area contributed by atoms with E-state index in [2.05, 4.69) is 55.3 Å². The Hall–Kier alpha value is -2.37. The zero-order chi connectivity index (χ0) is 23.3. The molecule has 0 aliphatic heterocycles. The first-order valence-electron chi connectivity index (χ1n) is 12.4. The van der Waals surface area contributed by atoms with Crippen molar-refractivity contribution in [3.05, 3.63) is 76.2 Å². The summed E-state index contributed by atoms with van der Waals surface area (Å²) in [5.41, 5.74) is 3.80. The third-order valence-corrected chi connectivity index (χ3v) is 8.46. The molecule has 4 nitrogen and oxygen atoms in total. The third kappa shape index (κ3) is 6.58. The Balaban J connectivity index is 1.35. The van der Waals surface area contributed by atoms with Gasteiger partial charge in [-0.25, -0.2) is 0 Å². The number of anilines is 1. The molecule has 1 N–H and O–H groups in total. The number of fused-ring (bicyclic) bond motifs is 1. The molecule has 1 aliphatic carbocycles. The Morgan fingerprint density at radius 3 is 2.48 bits per heavy atom. The molecule has 1 saturated carbocycles. The molecule has 176 valence electrons. The van der Waals surface area contributed by atoms with E-state index in [1.165, 1.54) is 43.2 Å². The minimum atomic E-state index is -1.12. The molecule has 0 saturated heterocycles. The number of nitrogens with zero attached hydrogens (tertiary/aromatic N) is 1. The highest BCUT2D eigenvalue weighted by molar-refractivity contribution is 6.76. The smallest absolute Gasteiger partial charge is 0.260 e. The van der Waals surface area contributed by atoms with Crippen molar-refractivity contribution in [1.82, 2.24) is 4.57 Å². The minimum absolute atomic E-state index is 0.00496. The van der Waals surface area contributed by atoms with Crippen LogP contribution in [0.3, 0.4) is 0 Å². The van der Waals surface area contributed by atoms with Gasteiger partial charge in [0.1, 0.15) is 6.73 Å². The number of ether oxygens (including phenoxy) is 1. The van der Waals surface area contributed by atoms with E-state index in [0.717, 1.165) is 35.0 Å². The van der Waals surface area contributed by atoms with Crippen molar-refractivity contribution in [1.29, 1.82) is 0 Å². The van der Waals surface area contributed by atoms with Gasteiger partial charge in [-0.05, 0) is 65.6 Å². The summed E-state index contributed by atoms with van der Waals surface area (Å²) in [5, 5.41) is 5.20. The third-order valence-electron chi connectivity index (χ3n) is 6.76.